The maximum Gasteiger partial charge on any atom is 0.126 e. The van der Waals surface area contributed by atoms with Crippen LogP contribution in [-0.4, -0.2) is 12.2 Å². The van der Waals surface area contributed by atoms with Gasteiger partial charge in [0.15, 0.2) is 0 Å². The molecule has 4 heteroatoms. The van der Waals surface area contributed by atoms with Crippen LogP contribution in [0.15, 0.2) is 18.2 Å². The fourth-order valence-electron chi connectivity index (χ4n) is 3.29. The highest BCUT2D eigenvalue weighted by atomic mass is 19.1. The van der Waals surface area contributed by atoms with Crippen molar-refractivity contribution in [2.75, 3.05) is 6.61 Å². The Bertz CT molecular complexity index is 439. The first-order chi connectivity index (χ1) is 9.63. The van der Waals surface area contributed by atoms with Crippen LogP contribution >= 0.6 is 0 Å². The Morgan fingerprint density at radius 3 is 2.60 bits per heavy atom. The number of nitrogens with one attached hydrogen (secondary N) is 1. The minimum atomic E-state index is -0.316. The maximum atomic E-state index is 13.8. The molecule has 0 aromatic heterocycles. The molecule has 1 aromatic carbocycles. The van der Waals surface area contributed by atoms with Crippen molar-refractivity contribution >= 4 is 0 Å². The Morgan fingerprint density at radius 2 is 2.05 bits per heavy atom. The van der Waals surface area contributed by atoms with Crippen LogP contribution in [0.4, 0.5) is 4.39 Å². The van der Waals surface area contributed by atoms with Crippen LogP contribution < -0.4 is 11.3 Å². The van der Waals surface area contributed by atoms with Crippen molar-refractivity contribution in [3.63, 3.8) is 0 Å². The molecule has 0 bridgehead atoms. The molecule has 0 radical (unpaired) electrons. The number of benzene rings is 1. The van der Waals surface area contributed by atoms with Crippen LogP contribution in [0.3, 0.4) is 0 Å². The zero-order chi connectivity index (χ0) is 14.6. The normalized spacial score (nSPS) is 19.8. The Hall–Kier alpha value is -0.970. The molecule has 3 nitrogen and oxygen atoms in total. The molecule has 112 valence electrons. The van der Waals surface area contributed by atoms with E-state index in [1.165, 1.54) is 6.42 Å². The molecule has 1 aliphatic carbocycles. The van der Waals surface area contributed by atoms with Gasteiger partial charge in [-0.2, -0.15) is 0 Å². The zero-order valence-corrected chi connectivity index (χ0v) is 12.4. The van der Waals surface area contributed by atoms with Gasteiger partial charge in [-0.15, -0.1) is 0 Å². The molecular formula is C16H25FN2O. The second kappa shape index (κ2) is 6.66. The first-order valence-corrected chi connectivity index (χ1v) is 7.49. The van der Waals surface area contributed by atoms with E-state index >= 15 is 0 Å². The summed E-state index contributed by atoms with van der Waals surface area (Å²) in [4.78, 5) is 0. The summed E-state index contributed by atoms with van der Waals surface area (Å²) >= 11 is 0. The van der Waals surface area contributed by atoms with Crippen molar-refractivity contribution < 1.29 is 9.13 Å². The minimum absolute atomic E-state index is 0.169. The van der Waals surface area contributed by atoms with E-state index in [1.807, 2.05) is 13.0 Å². The summed E-state index contributed by atoms with van der Waals surface area (Å²) in [5.41, 5.74) is 4.07. The van der Waals surface area contributed by atoms with Gasteiger partial charge >= 0.3 is 0 Å². The molecule has 0 aliphatic heterocycles. The van der Waals surface area contributed by atoms with Crippen LogP contribution in [-0.2, 0) is 4.74 Å². The third-order valence-corrected chi connectivity index (χ3v) is 4.35. The monoisotopic (exact) mass is 280 g/mol. The summed E-state index contributed by atoms with van der Waals surface area (Å²) in [7, 11) is 0. The van der Waals surface area contributed by atoms with Crippen molar-refractivity contribution in [2.45, 2.75) is 57.6 Å². The third-order valence-electron chi connectivity index (χ3n) is 4.35. The van der Waals surface area contributed by atoms with Crippen molar-refractivity contribution in [1.29, 1.82) is 0 Å². The molecule has 20 heavy (non-hydrogen) atoms. The van der Waals surface area contributed by atoms with Crippen LogP contribution in [0.1, 0.15) is 56.2 Å². The molecule has 0 saturated heterocycles. The summed E-state index contributed by atoms with van der Waals surface area (Å²) in [5.74, 6) is 5.60. The molecule has 0 amide bonds. The number of nitrogens with two attached hydrogens (primary N) is 1. The van der Waals surface area contributed by atoms with Crippen molar-refractivity contribution in [2.24, 2.45) is 5.84 Å². The number of hydrazine groups is 1. The van der Waals surface area contributed by atoms with Crippen LogP contribution in [0.5, 0.6) is 0 Å². The molecule has 3 N–H and O–H groups in total. The molecule has 1 fully saturated rings. The quantitative estimate of drug-likeness (QED) is 0.642. The van der Waals surface area contributed by atoms with E-state index in [0.29, 0.717) is 12.2 Å². The smallest absolute Gasteiger partial charge is 0.126 e. The van der Waals surface area contributed by atoms with Gasteiger partial charge in [0, 0.05) is 6.61 Å². The van der Waals surface area contributed by atoms with Gasteiger partial charge in [0.2, 0.25) is 0 Å². The lowest BCUT2D eigenvalue weighted by Gasteiger charge is -2.43. The van der Waals surface area contributed by atoms with Crippen molar-refractivity contribution in [1.82, 2.24) is 5.43 Å². The summed E-state index contributed by atoms with van der Waals surface area (Å²) in [6.45, 7) is 4.41. The van der Waals surface area contributed by atoms with Gasteiger partial charge in [0.05, 0.1) is 11.6 Å². The van der Waals surface area contributed by atoms with E-state index in [1.54, 1.807) is 19.1 Å². The van der Waals surface area contributed by atoms with Gasteiger partial charge in [-0.3, -0.25) is 11.3 Å². The molecule has 1 aromatic rings. The topological polar surface area (TPSA) is 47.3 Å². The summed E-state index contributed by atoms with van der Waals surface area (Å²) in [6, 6.07) is 5.16. The molecule has 1 aliphatic rings. The Kier molecular flexibility index (Phi) is 5.13. The SMILES string of the molecule is CCOC1(C(NN)c2ccc(C)c(F)c2)CCCCC1. The van der Waals surface area contributed by atoms with Gasteiger partial charge in [0.25, 0.3) is 0 Å². The van der Waals surface area contributed by atoms with Gasteiger partial charge in [-0.05, 0) is 43.9 Å². The van der Waals surface area contributed by atoms with Crippen LogP contribution in [0.25, 0.3) is 0 Å². The van der Waals surface area contributed by atoms with E-state index in [9.17, 15) is 4.39 Å². The molecule has 2 rings (SSSR count). The maximum absolute atomic E-state index is 13.8. The van der Waals surface area contributed by atoms with E-state index < -0.39 is 0 Å². The Morgan fingerprint density at radius 1 is 1.35 bits per heavy atom. The van der Waals surface area contributed by atoms with E-state index in [0.717, 1.165) is 31.2 Å². The second-order valence-corrected chi connectivity index (χ2v) is 5.67. The second-order valence-electron chi connectivity index (χ2n) is 5.67. The fourth-order valence-corrected chi connectivity index (χ4v) is 3.29. The number of halogens is 1. The number of hydrogen-bond donors (Lipinski definition) is 2. The predicted octanol–water partition coefficient (Wildman–Crippen LogP) is 3.38. The lowest BCUT2D eigenvalue weighted by molar-refractivity contribution is -0.0914. The first kappa shape index (κ1) is 15.4. The van der Waals surface area contributed by atoms with Crippen molar-refractivity contribution in [3.05, 3.63) is 35.1 Å². The van der Waals surface area contributed by atoms with Gasteiger partial charge in [-0.25, -0.2) is 4.39 Å². The Balaban J connectivity index is 2.34. The van der Waals surface area contributed by atoms with Gasteiger partial charge in [-0.1, -0.05) is 31.4 Å². The van der Waals surface area contributed by atoms with E-state index in [2.05, 4.69) is 5.43 Å². The fraction of sp³-hybridized carbons (Fsp3) is 0.625. The van der Waals surface area contributed by atoms with Crippen LogP contribution in [0.2, 0.25) is 0 Å². The average molecular weight is 280 g/mol. The summed E-state index contributed by atoms with van der Waals surface area (Å²) < 4.78 is 19.9. The minimum Gasteiger partial charge on any atom is -0.373 e. The highest BCUT2D eigenvalue weighted by Gasteiger charge is 2.41. The van der Waals surface area contributed by atoms with E-state index in [-0.39, 0.29) is 17.5 Å². The number of ether oxygens (including phenoxy) is 1. The van der Waals surface area contributed by atoms with Gasteiger partial charge in [0.1, 0.15) is 5.82 Å². The highest BCUT2D eigenvalue weighted by molar-refractivity contribution is 5.28. The largest absolute Gasteiger partial charge is 0.373 e. The van der Waals surface area contributed by atoms with E-state index in [4.69, 9.17) is 10.6 Å². The summed E-state index contributed by atoms with van der Waals surface area (Å²) in [5, 5.41) is 0. The van der Waals surface area contributed by atoms with Crippen molar-refractivity contribution in [3.8, 4) is 0 Å². The zero-order valence-electron chi connectivity index (χ0n) is 12.4. The predicted molar refractivity (Wildman–Crippen MR) is 78.6 cm³/mol. The third kappa shape index (κ3) is 3.03. The molecule has 1 atom stereocenters. The molecule has 1 saturated carbocycles. The molecular weight excluding hydrogens is 255 g/mol. The molecule has 1 unspecified atom stereocenters. The number of hydrogen-bond acceptors (Lipinski definition) is 3. The molecule has 0 spiro atoms. The highest BCUT2D eigenvalue weighted by Crippen LogP contribution is 2.41. The average Bonchev–Trinajstić information content (AvgIpc) is 2.45. The Labute approximate surface area is 120 Å². The first-order valence-electron chi connectivity index (χ1n) is 7.49. The summed E-state index contributed by atoms with van der Waals surface area (Å²) in [6.07, 6.45) is 5.42. The molecule has 0 heterocycles. The number of rotatable bonds is 5. The standard InChI is InChI=1S/C16H25FN2O/c1-3-20-16(9-5-4-6-10-16)15(19-18)13-8-7-12(2)14(17)11-13/h7-8,11,15,19H,3-6,9-10,18H2,1-2H3. The lowest BCUT2D eigenvalue weighted by Crippen LogP contribution is -2.49. The number of aryl methyl sites for hydroxylation is 1. The van der Waals surface area contributed by atoms with Crippen LogP contribution in [0, 0.1) is 12.7 Å². The lowest BCUT2D eigenvalue weighted by atomic mass is 9.76. The van der Waals surface area contributed by atoms with Gasteiger partial charge < -0.3 is 4.74 Å².